The Morgan fingerprint density at radius 2 is 2.00 bits per heavy atom. The Hall–Kier alpha value is -4.28. The van der Waals surface area contributed by atoms with Gasteiger partial charge in [0.1, 0.15) is 17.3 Å². The maximum Gasteiger partial charge on any atom is 0.313 e. The predicted molar refractivity (Wildman–Crippen MR) is 99.5 cm³/mol. The van der Waals surface area contributed by atoms with Crippen LogP contribution in [0.15, 0.2) is 58.2 Å². The summed E-state index contributed by atoms with van der Waals surface area (Å²) in [5, 5.41) is 25.7. The highest BCUT2D eigenvalue weighted by Gasteiger charge is 2.15. The molecule has 0 atom stereocenters. The van der Waals surface area contributed by atoms with Crippen molar-refractivity contribution in [3.05, 3.63) is 74.7 Å². The van der Waals surface area contributed by atoms with Gasteiger partial charge in [-0.05, 0) is 24.3 Å². The molecule has 0 fully saturated rings. The Morgan fingerprint density at radius 3 is 2.71 bits per heavy atom. The molecule has 0 aliphatic rings. The van der Waals surface area contributed by atoms with Crippen molar-refractivity contribution in [3.63, 3.8) is 0 Å². The summed E-state index contributed by atoms with van der Waals surface area (Å²) in [6.07, 6.45) is 2.72. The first-order chi connectivity index (χ1) is 13.5. The van der Waals surface area contributed by atoms with E-state index in [-0.39, 0.29) is 22.9 Å². The van der Waals surface area contributed by atoms with Gasteiger partial charge in [0.2, 0.25) is 5.82 Å². The predicted octanol–water partition coefficient (Wildman–Crippen LogP) is 3.61. The van der Waals surface area contributed by atoms with Gasteiger partial charge in [-0.3, -0.25) is 25.7 Å². The number of nitro groups is 2. The van der Waals surface area contributed by atoms with Gasteiger partial charge in [-0.1, -0.05) is 0 Å². The van der Waals surface area contributed by atoms with Crippen LogP contribution < -0.4 is 10.2 Å². The van der Waals surface area contributed by atoms with Crippen LogP contribution >= 0.6 is 0 Å². The Balaban J connectivity index is 1.79. The molecule has 1 N–H and O–H groups in total. The van der Waals surface area contributed by atoms with Gasteiger partial charge < -0.3 is 9.15 Å². The number of benzene rings is 1. The van der Waals surface area contributed by atoms with Gasteiger partial charge in [-0.15, -0.1) is 0 Å². The molecule has 0 radical (unpaired) electrons. The van der Waals surface area contributed by atoms with Crippen molar-refractivity contribution in [2.45, 2.75) is 0 Å². The van der Waals surface area contributed by atoms with Crippen molar-refractivity contribution in [2.75, 3.05) is 12.5 Å². The van der Waals surface area contributed by atoms with Crippen LogP contribution in [0, 0.1) is 20.2 Å². The topological polar surface area (TPSA) is 146 Å². The average molecular weight is 383 g/mol. The summed E-state index contributed by atoms with van der Waals surface area (Å²) in [7, 11) is 1.40. The van der Waals surface area contributed by atoms with Crippen LogP contribution in [0.4, 0.5) is 17.2 Å². The van der Waals surface area contributed by atoms with Gasteiger partial charge in [0.25, 0.3) is 5.69 Å². The minimum absolute atomic E-state index is 0.00688. The Bertz CT molecular complexity index is 1060. The summed E-state index contributed by atoms with van der Waals surface area (Å²) < 4.78 is 10.8. The number of pyridine rings is 1. The Morgan fingerprint density at radius 1 is 1.18 bits per heavy atom. The summed E-state index contributed by atoms with van der Waals surface area (Å²) in [5.41, 5.74) is 2.71. The quantitative estimate of drug-likeness (QED) is 0.370. The van der Waals surface area contributed by atoms with E-state index in [2.05, 4.69) is 15.5 Å². The molecule has 2 heterocycles. The van der Waals surface area contributed by atoms with E-state index in [1.165, 1.54) is 49.9 Å². The molecule has 0 aliphatic carbocycles. The van der Waals surface area contributed by atoms with Crippen molar-refractivity contribution < 1.29 is 19.0 Å². The molecule has 0 aliphatic heterocycles. The van der Waals surface area contributed by atoms with Crippen LogP contribution in [0.25, 0.3) is 11.3 Å². The van der Waals surface area contributed by atoms with Crippen molar-refractivity contribution in [1.29, 1.82) is 0 Å². The van der Waals surface area contributed by atoms with Crippen LogP contribution in [0.5, 0.6) is 5.75 Å². The number of hydrogen-bond donors (Lipinski definition) is 1. The van der Waals surface area contributed by atoms with Gasteiger partial charge in [0.05, 0.1) is 34.8 Å². The first-order valence-electron chi connectivity index (χ1n) is 7.80. The number of ether oxygens (including phenoxy) is 1. The smallest absolute Gasteiger partial charge is 0.313 e. The molecule has 0 unspecified atom stereocenters. The molecule has 28 heavy (non-hydrogen) atoms. The fourth-order valence-corrected chi connectivity index (χ4v) is 2.35. The molecule has 0 bridgehead atoms. The molecule has 2 aromatic heterocycles. The van der Waals surface area contributed by atoms with Crippen LogP contribution in [0.3, 0.4) is 0 Å². The van der Waals surface area contributed by atoms with Gasteiger partial charge in [-0.25, -0.2) is 4.98 Å². The summed E-state index contributed by atoms with van der Waals surface area (Å²) in [6.45, 7) is 0. The van der Waals surface area contributed by atoms with E-state index in [1.54, 1.807) is 12.1 Å². The molecule has 3 aromatic rings. The number of furan rings is 1. The molecule has 0 saturated heterocycles. The minimum Gasteiger partial charge on any atom is -0.496 e. The summed E-state index contributed by atoms with van der Waals surface area (Å²) in [4.78, 5) is 24.6. The summed E-state index contributed by atoms with van der Waals surface area (Å²) >= 11 is 0. The number of rotatable bonds is 7. The fourth-order valence-electron chi connectivity index (χ4n) is 2.35. The highest BCUT2D eigenvalue weighted by atomic mass is 16.6. The molecule has 142 valence electrons. The largest absolute Gasteiger partial charge is 0.496 e. The molecular weight excluding hydrogens is 370 g/mol. The molecule has 0 spiro atoms. The molecule has 11 heteroatoms. The van der Waals surface area contributed by atoms with Crippen molar-refractivity contribution in [1.82, 2.24) is 4.98 Å². The normalized spacial score (nSPS) is 10.8. The molecule has 0 amide bonds. The standard InChI is InChI=1S/C17H13N5O6/c1-27-16-9-11(21(23)24)4-6-13(16)15-7-5-12(28-15)10-19-20-17-14(22(25)26)3-2-8-18-17/h2-10H,1H3,(H,18,20)/b19-10-. The Kier molecular flexibility index (Phi) is 5.25. The average Bonchev–Trinajstić information content (AvgIpc) is 3.16. The number of nitro benzene ring substituents is 1. The SMILES string of the molecule is COc1cc([N+](=O)[O-])ccc1-c1ccc(/C=N\Nc2ncccc2[N+](=O)[O-])o1. The second-order valence-corrected chi connectivity index (χ2v) is 5.34. The van der Waals surface area contributed by atoms with Crippen molar-refractivity contribution >= 4 is 23.4 Å². The van der Waals surface area contributed by atoms with Crippen molar-refractivity contribution in [2.24, 2.45) is 5.10 Å². The zero-order valence-electron chi connectivity index (χ0n) is 14.4. The maximum atomic E-state index is 10.9. The van der Waals surface area contributed by atoms with Gasteiger partial charge in [0, 0.05) is 18.3 Å². The van der Waals surface area contributed by atoms with E-state index in [0.29, 0.717) is 17.1 Å². The van der Waals surface area contributed by atoms with Crippen LogP contribution in [0.2, 0.25) is 0 Å². The van der Waals surface area contributed by atoms with E-state index in [1.807, 2.05) is 0 Å². The zero-order chi connectivity index (χ0) is 20.1. The molecule has 0 saturated carbocycles. The lowest BCUT2D eigenvalue weighted by atomic mass is 10.1. The number of methoxy groups -OCH3 is 1. The molecular formula is C17H13N5O6. The highest BCUT2D eigenvalue weighted by molar-refractivity contribution is 5.79. The third-order valence-corrected chi connectivity index (χ3v) is 3.63. The number of nitrogens with zero attached hydrogens (tertiary/aromatic N) is 4. The maximum absolute atomic E-state index is 10.9. The van der Waals surface area contributed by atoms with E-state index in [4.69, 9.17) is 9.15 Å². The van der Waals surface area contributed by atoms with E-state index >= 15 is 0 Å². The number of anilines is 1. The lowest BCUT2D eigenvalue weighted by molar-refractivity contribution is -0.384. The number of hydrogen-bond acceptors (Lipinski definition) is 9. The first kappa shape index (κ1) is 18.5. The number of non-ortho nitro benzene ring substituents is 1. The number of nitrogens with one attached hydrogen (secondary N) is 1. The monoisotopic (exact) mass is 383 g/mol. The molecule has 3 rings (SSSR count). The van der Waals surface area contributed by atoms with Gasteiger partial charge in [-0.2, -0.15) is 5.10 Å². The lowest BCUT2D eigenvalue weighted by Crippen LogP contribution is -1.98. The lowest BCUT2D eigenvalue weighted by Gasteiger charge is -2.05. The summed E-state index contributed by atoms with van der Waals surface area (Å²) in [5.74, 6) is 1.04. The van der Waals surface area contributed by atoms with Gasteiger partial charge >= 0.3 is 5.69 Å². The molecule has 11 nitrogen and oxygen atoms in total. The Labute approximate surface area is 157 Å². The third kappa shape index (κ3) is 3.93. The minimum atomic E-state index is -0.573. The fraction of sp³-hybridized carbons (Fsp3) is 0.0588. The summed E-state index contributed by atoms with van der Waals surface area (Å²) in [6, 6.07) is 10.2. The third-order valence-electron chi connectivity index (χ3n) is 3.63. The highest BCUT2D eigenvalue weighted by Crippen LogP contribution is 2.34. The van der Waals surface area contributed by atoms with Gasteiger partial charge in [0.15, 0.2) is 0 Å². The number of hydrazone groups is 1. The van der Waals surface area contributed by atoms with Crippen LogP contribution in [0.1, 0.15) is 5.76 Å². The molecule has 1 aromatic carbocycles. The van der Waals surface area contributed by atoms with Crippen LogP contribution in [-0.4, -0.2) is 28.2 Å². The second-order valence-electron chi connectivity index (χ2n) is 5.34. The van der Waals surface area contributed by atoms with Crippen molar-refractivity contribution in [3.8, 4) is 17.1 Å². The zero-order valence-corrected chi connectivity index (χ0v) is 14.4. The van der Waals surface area contributed by atoms with E-state index in [0.717, 1.165) is 0 Å². The number of aromatic nitrogens is 1. The second kappa shape index (κ2) is 7.95. The first-order valence-corrected chi connectivity index (χ1v) is 7.80. The van der Waals surface area contributed by atoms with E-state index in [9.17, 15) is 20.2 Å². The van der Waals surface area contributed by atoms with Crippen LogP contribution in [-0.2, 0) is 0 Å². The van der Waals surface area contributed by atoms with E-state index < -0.39 is 9.85 Å².